The van der Waals surface area contributed by atoms with E-state index in [1.165, 1.54) is 31.4 Å². The maximum Gasteiger partial charge on any atom is 0.243 e. The first-order valence-corrected chi connectivity index (χ1v) is 7.18. The minimum atomic E-state index is 0.117. The van der Waals surface area contributed by atoms with E-state index in [0.717, 1.165) is 9.26 Å². The van der Waals surface area contributed by atoms with Crippen molar-refractivity contribution in [2.75, 3.05) is 16.8 Å². The number of rotatable bonds is 1. The zero-order valence-corrected chi connectivity index (χ0v) is 11.7. The van der Waals surface area contributed by atoms with Gasteiger partial charge in [-0.3, -0.25) is 4.79 Å². The number of nitrogens with zero attached hydrogens (tertiary/aromatic N) is 1. The summed E-state index contributed by atoms with van der Waals surface area (Å²) in [5.74, 6) is 0.117. The molecule has 1 N–H and O–H groups in total. The van der Waals surface area contributed by atoms with Crippen LogP contribution in [0.4, 0.5) is 11.4 Å². The Hall–Kier alpha value is -0.780. The molecule has 4 heteroatoms. The normalized spacial score (nSPS) is 20.3. The Morgan fingerprint density at radius 3 is 2.82 bits per heavy atom. The lowest BCUT2D eigenvalue weighted by molar-refractivity contribution is -0.115. The smallest absolute Gasteiger partial charge is 0.243 e. The summed E-state index contributed by atoms with van der Waals surface area (Å²) in [6.07, 6.45) is 5.03. The van der Waals surface area contributed by atoms with E-state index in [-0.39, 0.29) is 5.91 Å². The van der Waals surface area contributed by atoms with Crippen molar-refractivity contribution in [3.63, 3.8) is 0 Å². The van der Waals surface area contributed by atoms with Crippen molar-refractivity contribution in [1.29, 1.82) is 0 Å². The molecule has 2 aliphatic rings. The van der Waals surface area contributed by atoms with Crippen LogP contribution in [0.3, 0.4) is 0 Å². The summed E-state index contributed by atoms with van der Waals surface area (Å²) in [6, 6.07) is 6.85. The number of halogens is 1. The Morgan fingerprint density at radius 1 is 1.29 bits per heavy atom. The van der Waals surface area contributed by atoms with Crippen LogP contribution in [0, 0.1) is 3.57 Å². The number of carbonyl (C=O) groups is 1. The predicted molar refractivity (Wildman–Crippen MR) is 77.4 cm³/mol. The average molecular weight is 342 g/mol. The first-order chi connectivity index (χ1) is 8.24. The summed E-state index contributed by atoms with van der Waals surface area (Å²) in [4.78, 5) is 14.0. The second-order valence-corrected chi connectivity index (χ2v) is 6.02. The quantitative estimate of drug-likeness (QED) is 0.796. The van der Waals surface area contributed by atoms with Crippen LogP contribution >= 0.6 is 22.6 Å². The molecule has 0 atom stereocenters. The standard InChI is InChI=1S/C13H15IN2O/c14-9-5-6-12-11(7-9)15-13(17)8-16(12)10-3-1-2-4-10/h5-7,10H,1-4,8H2,(H,15,17). The Labute approximate surface area is 115 Å². The van der Waals surface area contributed by atoms with Gasteiger partial charge in [-0.05, 0) is 53.6 Å². The van der Waals surface area contributed by atoms with Gasteiger partial charge < -0.3 is 10.2 Å². The van der Waals surface area contributed by atoms with Gasteiger partial charge in [0.1, 0.15) is 0 Å². The van der Waals surface area contributed by atoms with Crippen molar-refractivity contribution in [2.45, 2.75) is 31.7 Å². The van der Waals surface area contributed by atoms with Crippen LogP contribution in [-0.4, -0.2) is 18.5 Å². The van der Waals surface area contributed by atoms with E-state index in [9.17, 15) is 4.79 Å². The highest BCUT2D eigenvalue weighted by Gasteiger charge is 2.29. The Bertz CT molecular complexity index is 455. The van der Waals surface area contributed by atoms with Gasteiger partial charge in [0.25, 0.3) is 0 Å². The Morgan fingerprint density at radius 2 is 2.06 bits per heavy atom. The highest BCUT2D eigenvalue weighted by atomic mass is 127. The minimum Gasteiger partial charge on any atom is -0.358 e. The number of fused-ring (bicyclic) bond motifs is 1. The van der Waals surface area contributed by atoms with Gasteiger partial charge in [-0.25, -0.2) is 0 Å². The topological polar surface area (TPSA) is 32.3 Å². The van der Waals surface area contributed by atoms with Crippen LogP contribution < -0.4 is 10.2 Å². The maximum absolute atomic E-state index is 11.7. The van der Waals surface area contributed by atoms with Gasteiger partial charge in [0.15, 0.2) is 0 Å². The molecule has 1 amide bonds. The molecule has 0 spiro atoms. The lowest BCUT2D eigenvalue weighted by atomic mass is 10.1. The van der Waals surface area contributed by atoms with E-state index < -0.39 is 0 Å². The molecular formula is C13H15IN2O. The van der Waals surface area contributed by atoms with Gasteiger partial charge in [-0.1, -0.05) is 12.8 Å². The summed E-state index contributed by atoms with van der Waals surface area (Å²) in [6.45, 7) is 0.512. The van der Waals surface area contributed by atoms with E-state index in [0.29, 0.717) is 12.6 Å². The highest BCUT2D eigenvalue weighted by molar-refractivity contribution is 14.1. The molecule has 17 heavy (non-hydrogen) atoms. The van der Waals surface area contributed by atoms with E-state index >= 15 is 0 Å². The van der Waals surface area contributed by atoms with Crippen molar-refractivity contribution in [1.82, 2.24) is 0 Å². The van der Waals surface area contributed by atoms with Gasteiger partial charge in [0, 0.05) is 9.61 Å². The average Bonchev–Trinajstić information content (AvgIpc) is 2.80. The fraction of sp³-hybridized carbons (Fsp3) is 0.462. The molecule has 1 aliphatic heterocycles. The van der Waals surface area contributed by atoms with Crippen LogP contribution in [0.1, 0.15) is 25.7 Å². The monoisotopic (exact) mass is 342 g/mol. The van der Waals surface area contributed by atoms with Crippen LogP contribution in [0.15, 0.2) is 18.2 Å². The molecule has 0 bridgehead atoms. The fourth-order valence-corrected chi connectivity index (χ4v) is 3.32. The van der Waals surface area contributed by atoms with E-state index in [1.54, 1.807) is 0 Å². The molecule has 0 radical (unpaired) electrons. The first kappa shape index (κ1) is 11.3. The minimum absolute atomic E-state index is 0.117. The number of carbonyl (C=O) groups excluding carboxylic acids is 1. The van der Waals surface area contributed by atoms with E-state index in [4.69, 9.17) is 0 Å². The summed E-state index contributed by atoms with van der Waals surface area (Å²) in [5, 5.41) is 2.97. The molecule has 1 fully saturated rings. The van der Waals surface area contributed by atoms with Gasteiger partial charge in [-0.15, -0.1) is 0 Å². The number of benzene rings is 1. The molecule has 0 saturated heterocycles. The van der Waals surface area contributed by atoms with E-state index in [1.807, 2.05) is 0 Å². The summed E-state index contributed by atoms with van der Waals surface area (Å²) < 4.78 is 1.16. The van der Waals surface area contributed by atoms with Crippen LogP contribution in [0.5, 0.6) is 0 Å². The zero-order valence-electron chi connectivity index (χ0n) is 9.58. The SMILES string of the molecule is O=C1CN(C2CCCC2)c2ccc(I)cc2N1. The molecule has 0 aromatic heterocycles. The fourth-order valence-electron chi connectivity index (χ4n) is 2.83. The van der Waals surface area contributed by atoms with Gasteiger partial charge >= 0.3 is 0 Å². The lowest BCUT2D eigenvalue weighted by Gasteiger charge is -2.35. The van der Waals surface area contributed by atoms with Gasteiger partial charge in [0.05, 0.1) is 17.9 Å². The molecular weight excluding hydrogens is 327 g/mol. The molecule has 1 heterocycles. The van der Waals surface area contributed by atoms with Crippen LogP contribution in [0.25, 0.3) is 0 Å². The van der Waals surface area contributed by atoms with Crippen molar-refractivity contribution in [3.8, 4) is 0 Å². The van der Waals surface area contributed by atoms with Gasteiger partial charge in [-0.2, -0.15) is 0 Å². The van der Waals surface area contributed by atoms with Crippen LogP contribution in [-0.2, 0) is 4.79 Å². The van der Waals surface area contributed by atoms with Crippen LogP contribution in [0.2, 0.25) is 0 Å². The zero-order chi connectivity index (χ0) is 11.8. The van der Waals surface area contributed by atoms with Gasteiger partial charge in [0.2, 0.25) is 5.91 Å². The summed E-state index contributed by atoms with van der Waals surface area (Å²) in [7, 11) is 0. The van der Waals surface area contributed by atoms with Crippen molar-refractivity contribution >= 4 is 39.9 Å². The highest BCUT2D eigenvalue weighted by Crippen LogP contribution is 2.36. The third-order valence-corrected chi connectivity index (χ3v) is 4.29. The maximum atomic E-state index is 11.7. The predicted octanol–water partition coefficient (Wildman–Crippen LogP) is 2.99. The van der Waals surface area contributed by atoms with Crippen molar-refractivity contribution < 1.29 is 4.79 Å². The Balaban J connectivity index is 1.98. The second-order valence-electron chi connectivity index (χ2n) is 4.78. The summed E-state index contributed by atoms with van der Waals surface area (Å²) in [5.41, 5.74) is 2.16. The number of hydrogen-bond donors (Lipinski definition) is 1. The largest absolute Gasteiger partial charge is 0.358 e. The number of hydrogen-bond acceptors (Lipinski definition) is 2. The molecule has 1 aliphatic carbocycles. The number of nitrogens with one attached hydrogen (secondary N) is 1. The third-order valence-electron chi connectivity index (χ3n) is 3.62. The first-order valence-electron chi connectivity index (χ1n) is 6.10. The number of anilines is 2. The van der Waals surface area contributed by atoms with Crippen molar-refractivity contribution in [3.05, 3.63) is 21.8 Å². The molecule has 1 saturated carbocycles. The Kier molecular flexibility index (Phi) is 2.98. The third kappa shape index (κ3) is 2.14. The molecule has 1 aromatic rings. The van der Waals surface area contributed by atoms with E-state index in [2.05, 4.69) is 51.0 Å². The molecule has 90 valence electrons. The molecule has 3 rings (SSSR count). The lowest BCUT2D eigenvalue weighted by Crippen LogP contribution is -2.43. The molecule has 3 nitrogen and oxygen atoms in total. The molecule has 1 aromatic carbocycles. The molecule has 0 unspecified atom stereocenters. The number of amides is 1. The second kappa shape index (κ2) is 4.48. The van der Waals surface area contributed by atoms with Crippen molar-refractivity contribution in [2.24, 2.45) is 0 Å². The summed E-state index contributed by atoms with van der Waals surface area (Å²) >= 11 is 2.28.